The molecule has 0 unspecified atom stereocenters. The van der Waals surface area contributed by atoms with Crippen LogP contribution in [0.2, 0.25) is 0 Å². The zero-order valence-corrected chi connectivity index (χ0v) is 13.3. The second kappa shape index (κ2) is 4.65. The van der Waals surface area contributed by atoms with Crippen LogP contribution in [-0.2, 0) is 11.3 Å². The summed E-state index contributed by atoms with van der Waals surface area (Å²) in [5, 5.41) is 2.14. The van der Waals surface area contributed by atoms with Gasteiger partial charge in [0.05, 0.1) is 11.2 Å². The Bertz CT molecular complexity index is 384. The highest BCUT2D eigenvalue weighted by Gasteiger charge is 2.37. The van der Waals surface area contributed by atoms with Crippen molar-refractivity contribution in [1.29, 1.82) is 0 Å². The van der Waals surface area contributed by atoms with Crippen molar-refractivity contribution in [3.63, 3.8) is 0 Å². The first-order valence-electron chi connectivity index (χ1n) is 5.91. The van der Waals surface area contributed by atoms with Gasteiger partial charge < -0.3 is 4.74 Å². The molecule has 1 aliphatic heterocycles. The van der Waals surface area contributed by atoms with Gasteiger partial charge in [-0.05, 0) is 49.7 Å². The maximum absolute atomic E-state index is 6.09. The van der Waals surface area contributed by atoms with E-state index in [2.05, 4.69) is 60.0 Å². The molecule has 1 fully saturated rings. The van der Waals surface area contributed by atoms with E-state index in [1.54, 1.807) is 0 Å². The third-order valence-corrected chi connectivity index (χ3v) is 4.44. The highest BCUT2D eigenvalue weighted by Crippen LogP contribution is 2.30. The molecule has 0 aromatic carbocycles. The summed E-state index contributed by atoms with van der Waals surface area (Å²) in [5.41, 5.74) is -0.119. The predicted molar refractivity (Wildman–Crippen MR) is 76.5 cm³/mol. The molecule has 0 saturated carbocycles. The molecule has 2 heterocycles. The Labute approximate surface area is 116 Å². The first-order chi connectivity index (χ1) is 7.76. The molecule has 4 heteroatoms. The van der Waals surface area contributed by atoms with E-state index >= 15 is 0 Å². The smallest absolute Gasteiger partial charge is 0.0760 e. The van der Waals surface area contributed by atoms with Crippen molar-refractivity contribution < 1.29 is 4.74 Å². The van der Waals surface area contributed by atoms with Crippen molar-refractivity contribution in [1.82, 2.24) is 4.90 Å². The van der Waals surface area contributed by atoms with E-state index in [0.717, 1.165) is 19.6 Å². The number of rotatable bonds is 2. The molecule has 1 aliphatic rings. The van der Waals surface area contributed by atoms with E-state index in [1.807, 2.05) is 11.3 Å². The first-order valence-corrected chi connectivity index (χ1v) is 7.59. The minimum Gasteiger partial charge on any atom is -0.367 e. The summed E-state index contributed by atoms with van der Waals surface area (Å²) in [6.07, 6.45) is 0. The second-order valence-electron chi connectivity index (χ2n) is 6.00. The SMILES string of the molecule is CC1(C)CN(Cc2cc(Br)cs2)CC(C)(C)O1. The zero-order valence-electron chi connectivity index (χ0n) is 10.9. The van der Waals surface area contributed by atoms with Crippen molar-refractivity contribution in [2.45, 2.75) is 45.4 Å². The van der Waals surface area contributed by atoms with Crippen LogP contribution in [0.3, 0.4) is 0 Å². The van der Waals surface area contributed by atoms with E-state index in [-0.39, 0.29) is 11.2 Å². The molecule has 1 aromatic rings. The Morgan fingerprint density at radius 1 is 1.29 bits per heavy atom. The van der Waals surface area contributed by atoms with Crippen LogP contribution >= 0.6 is 27.3 Å². The van der Waals surface area contributed by atoms with Crippen LogP contribution in [0.25, 0.3) is 0 Å². The maximum atomic E-state index is 6.09. The van der Waals surface area contributed by atoms with Gasteiger partial charge in [-0.25, -0.2) is 0 Å². The van der Waals surface area contributed by atoms with E-state index in [0.29, 0.717) is 0 Å². The summed E-state index contributed by atoms with van der Waals surface area (Å²) < 4.78 is 7.27. The van der Waals surface area contributed by atoms with Crippen LogP contribution in [-0.4, -0.2) is 29.2 Å². The van der Waals surface area contributed by atoms with Gasteiger partial charge in [0.1, 0.15) is 0 Å². The molecule has 0 amide bonds. The number of morpholine rings is 1. The molecule has 0 radical (unpaired) electrons. The van der Waals surface area contributed by atoms with Gasteiger partial charge in [-0.2, -0.15) is 0 Å². The van der Waals surface area contributed by atoms with E-state index in [4.69, 9.17) is 4.74 Å². The van der Waals surface area contributed by atoms with Gasteiger partial charge in [0.15, 0.2) is 0 Å². The second-order valence-corrected chi connectivity index (χ2v) is 7.91. The maximum Gasteiger partial charge on any atom is 0.0760 e. The van der Waals surface area contributed by atoms with Crippen LogP contribution in [0, 0.1) is 0 Å². The van der Waals surface area contributed by atoms with Crippen LogP contribution in [0.4, 0.5) is 0 Å². The van der Waals surface area contributed by atoms with Gasteiger partial charge in [0, 0.05) is 34.4 Å². The molecular formula is C13H20BrNOS. The Morgan fingerprint density at radius 3 is 2.35 bits per heavy atom. The number of hydrogen-bond acceptors (Lipinski definition) is 3. The molecule has 0 spiro atoms. The van der Waals surface area contributed by atoms with Gasteiger partial charge in [-0.3, -0.25) is 4.90 Å². The largest absolute Gasteiger partial charge is 0.367 e. The Morgan fingerprint density at radius 2 is 1.88 bits per heavy atom. The summed E-state index contributed by atoms with van der Waals surface area (Å²) in [6.45, 7) is 11.7. The average molecular weight is 318 g/mol. The fourth-order valence-corrected chi connectivity index (χ4v) is 4.21. The summed E-state index contributed by atoms with van der Waals surface area (Å²) in [4.78, 5) is 3.90. The molecule has 96 valence electrons. The first kappa shape index (κ1) is 13.5. The molecule has 17 heavy (non-hydrogen) atoms. The molecule has 0 N–H and O–H groups in total. The number of thiophene rings is 1. The molecular weight excluding hydrogens is 298 g/mol. The van der Waals surface area contributed by atoms with Gasteiger partial charge in [0.25, 0.3) is 0 Å². The van der Waals surface area contributed by atoms with Gasteiger partial charge >= 0.3 is 0 Å². The average Bonchev–Trinajstić information content (AvgIpc) is 2.44. The minimum atomic E-state index is -0.0593. The quantitative estimate of drug-likeness (QED) is 0.820. The molecule has 1 aromatic heterocycles. The van der Waals surface area contributed by atoms with Gasteiger partial charge in [-0.1, -0.05) is 0 Å². The molecule has 1 saturated heterocycles. The fourth-order valence-electron chi connectivity index (χ4n) is 2.71. The van der Waals surface area contributed by atoms with Crippen molar-refractivity contribution in [3.8, 4) is 0 Å². The van der Waals surface area contributed by atoms with E-state index in [1.165, 1.54) is 9.35 Å². The number of hydrogen-bond donors (Lipinski definition) is 0. The number of ether oxygens (including phenoxy) is 1. The van der Waals surface area contributed by atoms with E-state index in [9.17, 15) is 0 Å². The topological polar surface area (TPSA) is 12.5 Å². The minimum absolute atomic E-state index is 0.0593. The standard InChI is InChI=1S/C13H20BrNOS/c1-12(2)8-15(9-13(3,4)16-12)6-11-5-10(14)7-17-11/h5,7H,6,8-9H2,1-4H3. The molecule has 0 bridgehead atoms. The lowest BCUT2D eigenvalue weighted by Crippen LogP contribution is -2.56. The van der Waals surface area contributed by atoms with Crippen molar-refractivity contribution in [3.05, 3.63) is 20.8 Å². The summed E-state index contributed by atoms with van der Waals surface area (Å²) >= 11 is 5.32. The number of nitrogens with zero attached hydrogens (tertiary/aromatic N) is 1. The van der Waals surface area contributed by atoms with Crippen molar-refractivity contribution in [2.75, 3.05) is 13.1 Å². The lowest BCUT2D eigenvalue weighted by Gasteiger charge is -2.47. The van der Waals surface area contributed by atoms with Crippen molar-refractivity contribution in [2.24, 2.45) is 0 Å². The third kappa shape index (κ3) is 3.78. The fraction of sp³-hybridized carbons (Fsp3) is 0.692. The normalized spacial score (nSPS) is 23.8. The molecule has 0 atom stereocenters. The van der Waals surface area contributed by atoms with Crippen LogP contribution in [0.1, 0.15) is 32.6 Å². The highest BCUT2D eigenvalue weighted by molar-refractivity contribution is 9.10. The zero-order chi connectivity index (χ0) is 12.7. The van der Waals surface area contributed by atoms with Gasteiger partial charge in [0.2, 0.25) is 0 Å². The molecule has 2 rings (SSSR count). The number of halogens is 1. The summed E-state index contributed by atoms with van der Waals surface area (Å²) in [6, 6.07) is 2.21. The summed E-state index contributed by atoms with van der Waals surface area (Å²) in [7, 11) is 0. The van der Waals surface area contributed by atoms with Crippen molar-refractivity contribution >= 4 is 27.3 Å². The Hall–Kier alpha value is 0.1000. The Balaban J connectivity index is 2.06. The molecule has 2 nitrogen and oxygen atoms in total. The lowest BCUT2D eigenvalue weighted by molar-refractivity contribution is -0.182. The van der Waals surface area contributed by atoms with Crippen LogP contribution < -0.4 is 0 Å². The monoisotopic (exact) mass is 317 g/mol. The predicted octanol–water partition coefficient (Wildman–Crippen LogP) is 3.90. The summed E-state index contributed by atoms with van der Waals surface area (Å²) in [5.74, 6) is 0. The lowest BCUT2D eigenvalue weighted by atomic mass is 9.99. The highest BCUT2D eigenvalue weighted by atomic mass is 79.9. The Kier molecular flexibility index (Phi) is 3.70. The van der Waals surface area contributed by atoms with E-state index < -0.39 is 0 Å². The van der Waals surface area contributed by atoms with Crippen LogP contribution in [0.5, 0.6) is 0 Å². The van der Waals surface area contributed by atoms with Gasteiger partial charge in [-0.15, -0.1) is 11.3 Å². The molecule has 0 aliphatic carbocycles. The third-order valence-electron chi connectivity index (χ3n) is 2.76. The van der Waals surface area contributed by atoms with Crippen LogP contribution in [0.15, 0.2) is 15.9 Å².